The zero-order valence-corrected chi connectivity index (χ0v) is 20.9. The molecule has 9 nitrogen and oxygen atoms in total. The highest BCUT2D eigenvalue weighted by Crippen LogP contribution is 2.40. The Morgan fingerprint density at radius 2 is 1.69 bits per heavy atom. The molecule has 2 aromatic carbocycles. The fraction of sp³-hybridized carbons (Fsp3) is 0.360. The average Bonchev–Trinajstić information content (AvgIpc) is 3.23. The van der Waals surface area contributed by atoms with Crippen LogP contribution >= 0.6 is 11.3 Å². The lowest BCUT2D eigenvalue weighted by Crippen LogP contribution is -2.18. The number of rotatable bonds is 5. The molecule has 1 aromatic heterocycles. The first-order chi connectivity index (χ1) is 16.8. The van der Waals surface area contributed by atoms with Gasteiger partial charge in [-0.1, -0.05) is 42.7 Å². The van der Waals surface area contributed by atoms with Gasteiger partial charge in [0.2, 0.25) is 4.80 Å². The van der Waals surface area contributed by atoms with Gasteiger partial charge in [0.15, 0.2) is 0 Å². The topological polar surface area (TPSA) is 135 Å². The number of nitrogens with two attached hydrogens (primary N) is 2. The van der Waals surface area contributed by atoms with Gasteiger partial charge in [0.25, 0.3) is 0 Å². The molecule has 0 spiro atoms. The zero-order valence-electron chi connectivity index (χ0n) is 20.0. The van der Waals surface area contributed by atoms with Gasteiger partial charge in [0, 0.05) is 23.9 Å². The Kier molecular flexibility index (Phi) is 7.20. The molecule has 3 aromatic rings. The van der Waals surface area contributed by atoms with Crippen molar-refractivity contribution in [1.82, 2.24) is 9.78 Å². The van der Waals surface area contributed by atoms with Crippen LogP contribution in [0.3, 0.4) is 0 Å². The quantitative estimate of drug-likeness (QED) is 0.406. The third-order valence-corrected chi connectivity index (χ3v) is 7.25. The van der Waals surface area contributed by atoms with E-state index in [-0.39, 0.29) is 22.5 Å². The number of anilines is 2. The Morgan fingerprint density at radius 1 is 1.03 bits per heavy atom. The van der Waals surface area contributed by atoms with Crippen molar-refractivity contribution < 1.29 is 19.1 Å². The van der Waals surface area contributed by atoms with Crippen LogP contribution in [0.25, 0.3) is 21.7 Å². The lowest BCUT2D eigenvalue weighted by molar-refractivity contribution is 0.0593. The zero-order chi connectivity index (χ0) is 25.1. The molecule has 0 bridgehead atoms. The van der Waals surface area contributed by atoms with Gasteiger partial charge in [-0.15, -0.1) is 0 Å². The number of benzene rings is 2. The van der Waals surface area contributed by atoms with E-state index in [1.54, 1.807) is 35.0 Å². The van der Waals surface area contributed by atoms with Crippen LogP contribution in [-0.2, 0) is 16.5 Å². The Hall–Kier alpha value is -3.66. The second-order valence-corrected chi connectivity index (χ2v) is 9.42. The molecule has 1 aliphatic rings. The predicted octanol–water partition coefficient (Wildman–Crippen LogP) is 3.79. The number of methoxy groups -OCH3 is 2. The molecule has 1 heterocycles. The van der Waals surface area contributed by atoms with Crippen LogP contribution in [0.2, 0.25) is 0 Å². The first-order valence-corrected chi connectivity index (χ1v) is 12.2. The molecule has 0 amide bonds. The number of esters is 2. The summed E-state index contributed by atoms with van der Waals surface area (Å²) >= 11 is 1.47. The Bertz CT molecular complexity index is 1340. The van der Waals surface area contributed by atoms with Gasteiger partial charge < -0.3 is 20.9 Å². The number of hydrogen-bond acceptors (Lipinski definition) is 9. The van der Waals surface area contributed by atoms with Crippen molar-refractivity contribution in [1.29, 1.82) is 0 Å². The maximum absolute atomic E-state index is 12.4. The molecule has 10 heteroatoms. The van der Waals surface area contributed by atoms with Gasteiger partial charge in [-0.3, -0.25) is 4.99 Å². The highest BCUT2D eigenvalue weighted by Gasteiger charge is 2.22. The normalized spacial score (nSPS) is 14.7. The number of hydrogen-bond donors (Lipinski definition) is 2. The summed E-state index contributed by atoms with van der Waals surface area (Å²) in [5, 5.41) is 5.42. The summed E-state index contributed by atoms with van der Waals surface area (Å²) < 4.78 is 11.5. The summed E-state index contributed by atoms with van der Waals surface area (Å²) in [4.78, 5) is 30.2. The van der Waals surface area contributed by atoms with Gasteiger partial charge in [0.05, 0.1) is 37.1 Å². The number of ether oxygens (including phenoxy) is 2. The number of carbonyl (C=O) groups excluding carboxylic acids is 2. The molecule has 184 valence electrons. The maximum Gasteiger partial charge on any atom is 0.339 e. The van der Waals surface area contributed by atoms with Crippen LogP contribution in [-0.4, -0.2) is 42.0 Å². The van der Waals surface area contributed by atoms with Gasteiger partial charge in [-0.05, 0) is 36.6 Å². The van der Waals surface area contributed by atoms with Gasteiger partial charge >= 0.3 is 11.9 Å². The summed E-state index contributed by atoms with van der Waals surface area (Å²) in [7, 11) is 4.47. The van der Waals surface area contributed by atoms with Crippen molar-refractivity contribution in [3.8, 4) is 21.7 Å². The molecule has 1 fully saturated rings. The largest absolute Gasteiger partial charge is 0.465 e. The van der Waals surface area contributed by atoms with Gasteiger partial charge in [-0.25, -0.2) is 14.3 Å². The Morgan fingerprint density at radius 3 is 2.34 bits per heavy atom. The molecule has 0 radical (unpaired) electrons. The van der Waals surface area contributed by atoms with Crippen LogP contribution in [0.5, 0.6) is 0 Å². The predicted molar refractivity (Wildman–Crippen MR) is 136 cm³/mol. The van der Waals surface area contributed by atoms with E-state index in [9.17, 15) is 9.59 Å². The first kappa shape index (κ1) is 24.5. The van der Waals surface area contributed by atoms with E-state index in [0.29, 0.717) is 22.2 Å². The fourth-order valence-electron chi connectivity index (χ4n) is 4.35. The molecule has 1 aliphatic carbocycles. The molecule has 35 heavy (non-hydrogen) atoms. The summed E-state index contributed by atoms with van der Waals surface area (Å²) in [5.74, 6) is -1.08. The molecule has 1 saturated carbocycles. The Labute approximate surface area is 207 Å². The minimum atomic E-state index is -0.549. The fourth-order valence-corrected chi connectivity index (χ4v) is 5.34. The second kappa shape index (κ2) is 10.3. The van der Waals surface area contributed by atoms with Crippen molar-refractivity contribution >= 4 is 34.7 Å². The van der Waals surface area contributed by atoms with E-state index in [0.717, 1.165) is 23.2 Å². The molecule has 4 N–H and O–H groups in total. The van der Waals surface area contributed by atoms with Crippen molar-refractivity contribution in [3.05, 3.63) is 46.3 Å². The van der Waals surface area contributed by atoms with E-state index in [2.05, 4.69) is 0 Å². The number of carbonyl (C=O) groups is 2. The summed E-state index contributed by atoms with van der Waals surface area (Å²) in [5.41, 5.74) is 15.6. The van der Waals surface area contributed by atoms with E-state index < -0.39 is 11.9 Å². The average molecular weight is 496 g/mol. The smallest absolute Gasteiger partial charge is 0.339 e. The number of nitrogen functional groups attached to an aromatic ring is 2. The molecule has 0 atom stereocenters. The first-order valence-electron chi connectivity index (χ1n) is 11.4. The molecule has 4 rings (SSSR count). The Balaban J connectivity index is 1.88. The monoisotopic (exact) mass is 495 g/mol. The molecular weight excluding hydrogens is 466 g/mol. The van der Waals surface area contributed by atoms with E-state index >= 15 is 0 Å². The summed E-state index contributed by atoms with van der Waals surface area (Å²) in [6.45, 7) is 0. The van der Waals surface area contributed by atoms with Crippen LogP contribution in [0.4, 0.5) is 11.4 Å². The molecule has 0 aliphatic heterocycles. The molecule has 0 saturated heterocycles. The molecule has 0 unspecified atom stereocenters. The van der Waals surface area contributed by atoms with Crippen molar-refractivity contribution in [2.45, 2.75) is 38.1 Å². The van der Waals surface area contributed by atoms with Crippen LogP contribution in [0.15, 0.2) is 35.3 Å². The van der Waals surface area contributed by atoms with E-state index in [1.807, 2.05) is 7.05 Å². The lowest BCUT2D eigenvalue weighted by atomic mass is 9.93. The van der Waals surface area contributed by atoms with Crippen LogP contribution in [0.1, 0.15) is 52.8 Å². The van der Waals surface area contributed by atoms with Crippen molar-refractivity contribution in [2.75, 3.05) is 25.7 Å². The minimum absolute atomic E-state index is 0.231. The highest BCUT2D eigenvalue weighted by molar-refractivity contribution is 7.12. The van der Waals surface area contributed by atoms with Crippen LogP contribution < -0.4 is 16.3 Å². The number of nitrogens with zero attached hydrogens (tertiary/aromatic N) is 3. The third-order valence-electron chi connectivity index (χ3n) is 6.20. The summed E-state index contributed by atoms with van der Waals surface area (Å²) in [6.07, 6.45) is 5.83. The lowest BCUT2D eigenvalue weighted by Gasteiger charge is -2.16. The molecular formula is C25H29N5O4S. The van der Waals surface area contributed by atoms with Gasteiger partial charge in [-0.2, -0.15) is 5.10 Å². The van der Waals surface area contributed by atoms with Gasteiger partial charge in [0.1, 0.15) is 5.01 Å². The SMILES string of the molecule is COC(=O)c1ccc(-c2c(-c3nn(C)c(=NC4CCCCC4)s3)ccc(C(=O)OC)c2N)cc1N. The van der Waals surface area contributed by atoms with E-state index in [1.165, 1.54) is 44.8 Å². The third kappa shape index (κ3) is 4.93. The number of aromatic nitrogens is 2. The van der Waals surface area contributed by atoms with Crippen molar-refractivity contribution in [2.24, 2.45) is 12.0 Å². The maximum atomic E-state index is 12.4. The highest BCUT2D eigenvalue weighted by atomic mass is 32.1. The standard InChI is InChI=1S/C25H29N5O4S/c1-30-25(28-15-7-5-4-6-8-15)35-22(29-30)17-11-12-18(24(32)34-3)21(27)20(17)14-9-10-16(19(26)13-14)23(31)33-2/h9-13,15H,4-8,26-27H2,1-3H3. The van der Waals surface area contributed by atoms with Crippen molar-refractivity contribution in [3.63, 3.8) is 0 Å². The number of aryl methyl sites for hydroxylation is 1. The minimum Gasteiger partial charge on any atom is -0.465 e. The van der Waals surface area contributed by atoms with E-state index in [4.69, 9.17) is 31.0 Å². The van der Waals surface area contributed by atoms with Crippen LogP contribution in [0, 0.1) is 0 Å². The summed E-state index contributed by atoms with van der Waals surface area (Å²) in [6, 6.07) is 8.68. The second-order valence-electron chi connectivity index (χ2n) is 8.47.